The smallest absolute Gasteiger partial charge is 0.359 e. The number of rotatable bonds is 5. The zero-order chi connectivity index (χ0) is 11.6. The minimum absolute atomic E-state index is 0.0121. The highest BCUT2D eigenvalue weighted by Crippen LogP contribution is 2.39. The highest BCUT2D eigenvalue weighted by Gasteiger charge is 2.28. The lowest BCUT2D eigenvalue weighted by atomic mass is 10.4. The Labute approximate surface area is 99.0 Å². The largest absolute Gasteiger partial charge is 0.441 e. The van der Waals surface area contributed by atoms with Crippen molar-refractivity contribution < 1.29 is 13.2 Å². The molecule has 90 valence electrons. The van der Waals surface area contributed by atoms with Crippen LogP contribution in [0.5, 0.6) is 0 Å². The Morgan fingerprint density at radius 1 is 1.44 bits per heavy atom. The number of nitrogens with one attached hydrogen (secondary N) is 1. The van der Waals surface area contributed by atoms with E-state index >= 15 is 0 Å². The molecule has 1 heterocycles. The fraction of sp³-hybridized carbons (Fsp3) is 0.750. The fourth-order valence-electron chi connectivity index (χ4n) is 1.14. The third-order valence-corrected chi connectivity index (χ3v) is 3.45. The van der Waals surface area contributed by atoms with Gasteiger partial charge in [-0.15, -0.1) is 0 Å². The quantitative estimate of drug-likeness (QED) is 0.834. The SMILES string of the molecule is FC(F)(F)SCCNc1nc(C2CC2)ns1. The molecule has 1 saturated carbocycles. The van der Waals surface area contributed by atoms with E-state index in [4.69, 9.17) is 0 Å². The second kappa shape index (κ2) is 4.79. The first-order valence-corrected chi connectivity index (χ1v) is 6.58. The summed E-state index contributed by atoms with van der Waals surface area (Å²) in [6.45, 7) is 0.253. The van der Waals surface area contributed by atoms with Gasteiger partial charge in [-0.25, -0.2) is 4.98 Å². The van der Waals surface area contributed by atoms with E-state index in [1.54, 1.807) is 0 Å². The van der Waals surface area contributed by atoms with Gasteiger partial charge in [-0.1, -0.05) is 0 Å². The molecule has 3 nitrogen and oxygen atoms in total. The van der Waals surface area contributed by atoms with Crippen molar-refractivity contribution in [3.8, 4) is 0 Å². The van der Waals surface area contributed by atoms with Crippen molar-refractivity contribution in [2.24, 2.45) is 0 Å². The molecule has 16 heavy (non-hydrogen) atoms. The van der Waals surface area contributed by atoms with Crippen LogP contribution in [0.1, 0.15) is 24.6 Å². The van der Waals surface area contributed by atoms with Crippen molar-refractivity contribution in [3.63, 3.8) is 0 Å². The van der Waals surface area contributed by atoms with Crippen LogP contribution in [0.25, 0.3) is 0 Å². The van der Waals surface area contributed by atoms with Crippen LogP contribution in [0.2, 0.25) is 0 Å². The minimum Gasteiger partial charge on any atom is -0.359 e. The summed E-state index contributed by atoms with van der Waals surface area (Å²) in [5, 5.41) is 3.46. The Bertz CT molecular complexity index is 349. The summed E-state index contributed by atoms with van der Waals surface area (Å²) in [5.41, 5.74) is -4.15. The molecule has 8 heteroatoms. The highest BCUT2D eigenvalue weighted by molar-refractivity contribution is 8.00. The van der Waals surface area contributed by atoms with E-state index in [1.165, 1.54) is 11.5 Å². The lowest BCUT2D eigenvalue weighted by Crippen LogP contribution is -2.09. The third-order valence-electron chi connectivity index (χ3n) is 2.03. The topological polar surface area (TPSA) is 37.8 Å². The van der Waals surface area contributed by atoms with E-state index in [0.29, 0.717) is 11.0 Å². The van der Waals surface area contributed by atoms with Gasteiger partial charge in [0, 0.05) is 29.7 Å². The van der Waals surface area contributed by atoms with Gasteiger partial charge >= 0.3 is 5.51 Å². The van der Waals surface area contributed by atoms with Crippen LogP contribution in [0.3, 0.4) is 0 Å². The van der Waals surface area contributed by atoms with Crippen molar-refractivity contribution in [3.05, 3.63) is 5.82 Å². The number of anilines is 1. The highest BCUT2D eigenvalue weighted by atomic mass is 32.2. The average Bonchev–Trinajstić information content (AvgIpc) is 2.93. The molecule has 1 aliphatic rings. The van der Waals surface area contributed by atoms with Crippen molar-refractivity contribution in [1.29, 1.82) is 0 Å². The number of aromatic nitrogens is 2. The molecule has 1 fully saturated rings. The molecule has 1 N–H and O–H groups in total. The fourth-order valence-corrected chi connectivity index (χ4v) is 2.25. The van der Waals surface area contributed by atoms with Gasteiger partial charge in [0.05, 0.1) is 0 Å². The van der Waals surface area contributed by atoms with E-state index in [2.05, 4.69) is 14.7 Å². The summed E-state index contributed by atoms with van der Waals surface area (Å²) in [6, 6.07) is 0. The molecule has 0 amide bonds. The van der Waals surface area contributed by atoms with Crippen LogP contribution in [-0.4, -0.2) is 27.2 Å². The van der Waals surface area contributed by atoms with Crippen molar-refractivity contribution in [2.75, 3.05) is 17.6 Å². The van der Waals surface area contributed by atoms with E-state index in [9.17, 15) is 13.2 Å². The predicted molar refractivity (Wildman–Crippen MR) is 58.9 cm³/mol. The lowest BCUT2D eigenvalue weighted by Gasteiger charge is -2.05. The summed E-state index contributed by atoms with van der Waals surface area (Å²) in [6.07, 6.45) is 2.25. The van der Waals surface area contributed by atoms with E-state index in [0.717, 1.165) is 18.7 Å². The number of alkyl halides is 3. The normalized spacial score (nSPS) is 16.4. The second-order valence-electron chi connectivity index (χ2n) is 3.45. The summed E-state index contributed by atoms with van der Waals surface area (Å²) >= 11 is 1.19. The van der Waals surface area contributed by atoms with E-state index in [-0.39, 0.29) is 24.1 Å². The maximum Gasteiger partial charge on any atom is 0.441 e. The number of nitrogens with zero attached hydrogens (tertiary/aromatic N) is 2. The monoisotopic (exact) mass is 269 g/mol. The standard InChI is InChI=1S/C8H10F3N3S2/c9-8(10,11)15-4-3-12-7-13-6(14-16-7)5-1-2-5/h5H,1-4H2,(H,12,13,14). The Kier molecular flexibility index (Phi) is 3.58. The zero-order valence-corrected chi connectivity index (χ0v) is 9.88. The summed E-state index contributed by atoms with van der Waals surface area (Å²) in [7, 11) is 0. The average molecular weight is 269 g/mol. The summed E-state index contributed by atoms with van der Waals surface area (Å²) in [5.74, 6) is 1.30. The van der Waals surface area contributed by atoms with E-state index < -0.39 is 5.51 Å². The molecule has 0 aromatic carbocycles. The van der Waals surface area contributed by atoms with Gasteiger partial charge in [0.2, 0.25) is 5.13 Å². The van der Waals surface area contributed by atoms with Gasteiger partial charge in [-0.2, -0.15) is 17.5 Å². The molecule has 0 bridgehead atoms. The summed E-state index contributed by atoms with van der Waals surface area (Å²) in [4.78, 5) is 4.21. The van der Waals surface area contributed by atoms with Crippen LogP contribution >= 0.6 is 23.3 Å². The number of hydrogen-bond acceptors (Lipinski definition) is 5. The maximum atomic E-state index is 11.8. The number of thioether (sulfide) groups is 1. The maximum absolute atomic E-state index is 11.8. The van der Waals surface area contributed by atoms with Gasteiger partial charge < -0.3 is 5.32 Å². The van der Waals surface area contributed by atoms with Crippen molar-refractivity contribution >= 4 is 28.4 Å². The van der Waals surface area contributed by atoms with Crippen LogP contribution in [-0.2, 0) is 0 Å². The van der Waals surface area contributed by atoms with E-state index in [1.807, 2.05) is 0 Å². The van der Waals surface area contributed by atoms with Gasteiger partial charge in [0.15, 0.2) is 0 Å². The lowest BCUT2D eigenvalue weighted by molar-refractivity contribution is -0.0327. The number of hydrogen-bond donors (Lipinski definition) is 1. The van der Waals surface area contributed by atoms with Crippen LogP contribution in [0.15, 0.2) is 0 Å². The molecule has 0 radical (unpaired) electrons. The van der Waals surface area contributed by atoms with Gasteiger partial charge in [-0.3, -0.25) is 0 Å². The predicted octanol–water partition coefficient (Wildman–Crippen LogP) is 3.08. The minimum atomic E-state index is -4.15. The molecular formula is C8H10F3N3S2. The second-order valence-corrected chi connectivity index (χ2v) is 5.36. The van der Waals surface area contributed by atoms with Crippen LogP contribution in [0.4, 0.5) is 18.3 Å². The zero-order valence-electron chi connectivity index (χ0n) is 8.25. The first-order valence-electron chi connectivity index (χ1n) is 4.83. The molecule has 1 aromatic heterocycles. The van der Waals surface area contributed by atoms with Gasteiger partial charge in [0.1, 0.15) is 5.82 Å². The molecule has 0 saturated heterocycles. The number of halogens is 3. The summed E-state index contributed by atoms with van der Waals surface area (Å²) < 4.78 is 39.6. The molecular weight excluding hydrogens is 259 g/mol. The Hall–Kier alpha value is -0.500. The van der Waals surface area contributed by atoms with Crippen LogP contribution < -0.4 is 5.32 Å². The Balaban J connectivity index is 1.68. The molecule has 1 aromatic rings. The molecule has 0 aliphatic heterocycles. The molecule has 0 spiro atoms. The Morgan fingerprint density at radius 2 is 2.19 bits per heavy atom. The van der Waals surface area contributed by atoms with Crippen molar-refractivity contribution in [2.45, 2.75) is 24.3 Å². The van der Waals surface area contributed by atoms with Crippen molar-refractivity contribution in [1.82, 2.24) is 9.36 Å². The van der Waals surface area contributed by atoms with Gasteiger partial charge in [0.25, 0.3) is 0 Å². The molecule has 2 rings (SSSR count). The molecule has 0 unspecified atom stereocenters. The molecule has 1 aliphatic carbocycles. The van der Waals surface area contributed by atoms with Gasteiger partial charge in [-0.05, 0) is 24.6 Å². The molecule has 0 atom stereocenters. The Morgan fingerprint density at radius 3 is 2.81 bits per heavy atom. The third kappa shape index (κ3) is 3.82. The van der Waals surface area contributed by atoms with Crippen LogP contribution in [0, 0.1) is 0 Å². The first kappa shape index (κ1) is 12.0. The first-order chi connectivity index (χ1) is 7.54.